The maximum Gasteiger partial charge on any atom is 0.0936 e. The second-order valence-corrected chi connectivity index (χ2v) is 6.16. The molecule has 1 saturated carbocycles. The molecule has 0 aromatic carbocycles. The van der Waals surface area contributed by atoms with E-state index in [1.807, 2.05) is 0 Å². The van der Waals surface area contributed by atoms with Crippen LogP contribution in [0, 0.1) is 5.41 Å². The van der Waals surface area contributed by atoms with E-state index in [1.165, 1.54) is 0 Å². The maximum atomic E-state index is 5.87. The van der Waals surface area contributed by atoms with Crippen LogP contribution in [0.5, 0.6) is 0 Å². The summed E-state index contributed by atoms with van der Waals surface area (Å²) in [6, 6.07) is -0.123. The summed E-state index contributed by atoms with van der Waals surface area (Å²) in [7, 11) is 1.76. The van der Waals surface area contributed by atoms with Crippen molar-refractivity contribution in [2.45, 2.75) is 51.2 Å². The number of hydrogen-bond acceptors (Lipinski definition) is 5. The van der Waals surface area contributed by atoms with Crippen LogP contribution in [0.2, 0.25) is 0 Å². The third kappa shape index (κ3) is 2.94. The molecular formula is C14H24N4O. The average Bonchev–Trinajstić information content (AvgIpc) is 2.43. The van der Waals surface area contributed by atoms with Gasteiger partial charge in [0, 0.05) is 19.5 Å². The van der Waals surface area contributed by atoms with E-state index in [9.17, 15) is 0 Å². The Kier molecular flexibility index (Phi) is 4.18. The van der Waals surface area contributed by atoms with E-state index in [1.54, 1.807) is 25.7 Å². The molecule has 5 nitrogen and oxygen atoms in total. The molecule has 1 unspecified atom stereocenters. The van der Waals surface area contributed by atoms with E-state index in [-0.39, 0.29) is 11.6 Å². The highest BCUT2D eigenvalue weighted by atomic mass is 16.5. The van der Waals surface area contributed by atoms with Gasteiger partial charge in [-0.1, -0.05) is 13.8 Å². The molecule has 19 heavy (non-hydrogen) atoms. The van der Waals surface area contributed by atoms with Gasteiger partial charge in [-0.25, -0.2) is 5.43 Å². The molecule has 0 saturated heterocycles. The number of hydrogen-bond donors (Lipinski definition) is 2. The number of nitrogens with two attached hydrogens (primary N) is 1. The lowest BCUT2D eigenvalue weighted by Gasteiger charge is -2.46. The standard InChI is InChI=1S/C14H24N4O/c1-13(2)4-6-14(19-3,7-5-13)12(18-15)11-10-16-8-9-17-11/h8-10,12,18H,4-7,15H2,1-3H3. The summed E-state index contributed by atoms with van der Waals surface area (Å²) < 4.78 is 5.87. The number of aromatic nitrogens is 2. The Morgan fingerprint density at radius 1 is 1.26 bits per heavy atom. The molecule has 3 N–H and O–H groups in total. The van der Waals surface area contributed by atoms with Crippen molar-refractivity contribution in [3.8, 4) is 0 Å². The van der Waals surface area contributed by atoms with Gasteiger partial charge in [0.25, 0.3) is 0 Å². The van der Waals surface area contributed by atoms with Gasteiger partial charge in [-0.05, 0) is 31.1 Å². The van der Waals surface area contributed by atoms with Gasteiger partial charge in [0.1, 0.15) is 0 Å². The summed E-state index contributed by atoms with van der Waals surface area (Å²) in [4.78, 5) is 8.50. The monoisotopic (exact) mass is 264 g/mol. The molecule has 106 valence electrons. The molecule has 0 aliphatic heterocycles. The van der Waals surface area contributed by atoms with Gasteiger partial charge in [-0.15, -0.1) is 0 Å². The number of nitrogens with one attached hydrogen (secondary N) is 1. The highest BCUT2D eigenvalue weighted by Gasteiger charge is 2.45. The van der Waals surface area contributed by atoms with Gasteiger partial charge in [0.15, 0.2) is 0 Å². The van der Waals surface area contributed by atoms with Crippen molar-refractivity contribution >= 4 is 0 Å². The van der Waals surface area contributed by atoms with Crippen LogP contribution in [-0.2, 0) is 4.74 Å². The van der Waals surface area contributed by atoms with Crippen LogP contribution in [0.4, 0.5) is 0 Å². The van der Waals surface area contributed by atoms with Crippen LogP contribution < -0.4 is 11.3 Å². The molecule has 1 aromatic rings. The summed E-state index contributed by atoms with van der Waals surface area (Å²) in [5.41, 5.74) is 3.81. The van der Waals surface area contributed by atoms with E-state index in [2.05, 4.69) is 29.2 Å². The zero-order valence-electron chi connectivity index (χ0n) is 12.0. The molecule has 5 heteroatoms. The molecule has 1 aliphatic rings. The Bertz CT molecular complexity index is 397. The molecule has 0 radical (unpaired) electrons. The highest BCUT2D eigenvalue weighted by molar-refractivity contribution is 5.11. The van der Waals surface area contributed by atoms with Crippen molar-refractivity contribution in [3.63, 3.8) is 0 Å². The van der Waals surface area contributed by atoms with Gasteiger partial charge >= 0.3 is 0 Å². The lowest BCUT2D eigenvalue weighted by atomic mass is 9.68. The number of methoxy groups -OCH3 is 1. The number of rotatable bonds is 4. The fourth-order valence-corrected chi connectivity index (χ4v) is 2.93. The normalized spacial score (nSPS) is 22.9. The molecule has 1 fully saturated rings. The van der Waals surface area contributed by atoms with Crippen molar-refractivity contribution in [2.75, 3.05) is 7.11 Å². The van der Waals surface area contributed by atoms with E-state index < -0.39 is 0 Å². The van der Waals surface area contributed by atoms with Crippen molar-refractivity contribution in [1.82, 2.24) is 15.4 Å². The van der Waals surface area contributed by atoms with Crippen LogP contribution >= 0.6 is 0 Å². The summed E-state index contributed by atoms with van der Waals surface area (Å²) in [6.45, 7) is 4.61. The first-order valence-electron chi connectivity index (χ1n) is 6.80. The Morgan fingerprint density at radius 2 is 1.95 bits per heavy atom. The summed E-state index contributed by atoms with van der Waals surface area (Å²) in [5.74, 6) is 5.77. The Labute approximate surface area is 114 Å². The van der Waals surface area contributed by atoms with E-state index >= 15 is 0 Å². The average molecular weight is 264 g/mol. The first-order valence-corrected chi connectivity index (χ1v) is 6.80. The molecule has 1 aliphatic carbocycles. The van der Waals surface area contributed by atoms with Gasteiger partial charge in [-0.3, -0.25) is 15.8 Å². The van der Waals surface area contributed by atoms with Gasteiger partial charge in [0.2, 0.25) is 0 Å². The van der Waals surface area contributed by atoms with Crippen molar-refractivity contribution in [2.24, 2.45) is 11.3 Å². The lowest BCUT2D eigenvalue weighted by Crippen LogP contribution is -2.51. The fourth-order valence-electron chi connectivity index (χ4n) is 2.93. The van der Waals surface area contributed by atoms with Gasteiger partial charge in [0.05, 0.1) is 23.5 Å². The third-order valence-corrected chi connectivity index (χ3v) is 4.43. The first-order chi connectivity index (χ1) is 9.03. The Hall–Kier alpha value is -1.04. The number of nitrogens with zero attached hydrogens (tertiary/aromatic N) is 2. The van der Waals surface area contributed by atoms with Crippen LogP contribution in [0.25, 0.3) is 0 Å². The number of hydrazine groups is 1. The molecule has 0 amide bonds. The Morgan fingerprint density at radius 3 is 2.42 bits per heavy atom. The topological polar surface area (TPSA) is 73.1 Å². The molecule has 0 bridgehead atoms. The SMILES string of the molecule is COC1(C(NN)c2cnccn2)CCC(C)(C)CC1. The van der Waals surface area contributed by atoms with Gasteiger partial charge < -0.3 is 4.74 Å². The predicted octanol–water partition coefficient (Wildman–Crippen LogP) is 1.97. The van der Waals surface area contributed by atoms with E-state index in [0.29, 0.717) is 5.41 Å². The van der Waals surface area contributed by atoms with Crippen LogP contribution in [0.15, 0.2) is 18.6 Å². The first kappa shape index (κ1) is 14.4. The van der Waals surface area contributed by atoms with Crippen molar-refractivity contribution in [3.05, 3.63) is 24.3 Å². The molecule has 1 aromatic heterocycles. The van der Waals surface area contributed by atoms with Crippen LogP contribution in [0.1, 0.15) is 51.3 Å². The maximum absolute atomic E-state index is 5.87. The van der Waals surface area contributed by atoms with Gasteiger partial charge in [-0.2, -0.15) is 0 Å². The second kappa shape index (κ2) is 5.53. The van der Waals surface area contributed by atoms with Crippen LogP contribution in [-0.4, -0.2) is 22.7 Å². The van der Waals surface area contributed by atoms with Crippen LogP contribution in [0.3, 0.4) is 0 Å². The third-order valence-electron chi connectivity index (χ3n) is 4.43. The van der Waals surface area contributed by atoms with E-state index in [4.69, 9.17) is 10.6 Å². The largest absolute Gasteiger partial charge is 0.376 e. The zero-order valence-corrected chi connectivity index (χ0v) is 12.0. The molecule has 1 heterocycles. The number of ether oxygens (including phenoxy) is 1. The minimum absolute atomic E-state index is 0.123. The lowest BCUT2D eigenvalue weighted by molar-refractivity contribution is -0.0886. The highest BCUT2D eigenvalue weighted by Crippen LogP contribution is 2.46. The smallest absolute Gasteiger partial charge is 0.0936 e. The summed E-state index contributed by atoms with van der Waals surface area (Å²) >= 11 is 0. The van der Waals surface area contributed by atoms with E-state index in [0.717, 1.165) is 31.4 Å². The quantitative estimate of drug-likeness (QED) is 0.642. The molecular weight excluding hydrogens is 240 g/mol. The molecule has 1 atom stereocenters. The second-order valence-electron chi connectivity index (χ2n) is 6.16. The summed E-state index contributed by atoms with van der Waals surface area (Å²) in [5, 5.41) is 0. The predicted molar refractivity (Wildman–Crippen MR) is 74.1 cm³/mol. The van der Waals surface area contributed by atoms with Crippen molar-refractivity contribution < 1.29 is 4.74 Å². The zero-order chi connectivity index (χ0) is 13.9. The molecule has 2 rings (SSSR count). The fraction of sp³-hybridized carbons (Fsp3) is 0.714. The Balaban J connectivity index is 2.25. The molecule has 0 spiro atoms. The minimum atomic E-state index is -0.291. The summed E-state index contributed by atoms with van der Waals surface area (Å²) in [6.07, 6.45) is 9.31. The minimum Gasteiger partial charge on any atom is -0.376 e. The van der Waals surface area contributed by atoms with Crippen molar-refractivity contribution in [1.29, 1.82) is 0 Å².